The summed E-state index contributed by atoms with van der Waals surface area (Å²) in [6.45, 7) is 2.86. The Balaban J connectivity index is 3.31. The number of hydrogen-bond donors (Lipinski definition) is 2. The fourth-order valence-corrected chi connectivity index (χ4v) is 3.07. The van der Waals surface area contributed by atoms with E-state index >= 15 is 0 Å². The van der Waals surface area contributed by atoms with Crippen molar-refractivity contribution < 1.29 is 23.2 Å². The molecule has 0 fully saturated rings. The summed E-state index contributed by atoms with van der Waals surface area (Å²) in [6.07, 6.45) is 0.343. The van der Waals surface area contributed by atoms with Crippen LogP contribution in [0.5, 0.6) is 0 Å². The van der Waals surface area contributed by atoms with Gasteiger partial charge in [-0.1, -0.05) is 13.0 Å². The predicted octanol–water partition coefficient (Wildman–Crippen LogP) is 0.909. The molecule has 2 N–H and O–H groups in total. The minimum atomic E-state index is -4.14. The van der Waals surface area contributed by atoms with Crippen molar-refractivity contribution in [1.82, 2.24) is 4.72 Å². The molecule has 0 radical (unpaired) electrons. The third-order valence-electron chi connectivity index (χ3n) is 2.63. The first-order valence-corrected chi connectivity index (χ1v) is 7.19. The molecule has 0 spiro atoms. The van der Waals surface area contributed by atoms with Crippen LogP contribution >= 0.6 is 0 Å². The van der Waals surface area contributed by atoms with Gasteiger partial charge < -0.3 is 5.11 Å². The van der Waals surface area contributed by atoms with Crippen molar-refractivity contribution in [2.75, 3.05) is 0 Å². The molecule has 0 aromatic heterocycles. The minimum absolute atomic E-state index is 0.276. The highest BCUT2D eigenvalue weighted by molar-refractivity contribution is 7.89. The molecule has 0 aliphatic rings. The molecule has 1 aromatic rings. The van der Waals surface area contributed by atoms with E-state index in [0.29, 0.717) is 12.0 Å². The van der Waals surface area contributed by atoms with E-state index in [1.807, 2.05) is 4.72 Å². The van der Waals surface area contributed by atoms with Crippen LogP contribution in [0.4, 0.5) is 5.69 Å². The Morgan fingerprint density at radius 1 is 1.50 bits per heavy atom. The van der Waals surface area contributed by atoms with Gasteiger partial charge in [0.05, 0.1) is 9.82 Å². The quantitative estimate of drug-likeness (QED) is 0.594. The molecule has 0 aliphatic carbocycles. The summed E-state index contributed by atoms with van der Waals surface area (Å²) in [4.78, 5) is 20.4. The molecule has 0 bridgehead atoms. The van der Waals surface area contributed by atoms with Crippen molar-refractivity contribution in [3.8, 4) is 0 Å². The van der Waals surface area contributed by atoms with Gasteiger partial charge in [0.25, 0.3) is 5.69 Å². The van der Waals surface area contributed by atoms with Gasteiger partial charge in [-0.2, -0.15) is 4.72 Å². The summed E-state index contributed by atoms with van der Waals surface area (Å²) in [6, 6.07) is 2.15. The van der Waals surface area contributed by atoms with Crippen LogP contribution in [0.2, 0.25) is 0 Å². The molecule has 0 heterocycles. The third-order valence-corrected chi connectivity index (χ3v) is 4.26. The molecule has 0 unspecified atom stereocenters. The van der Waals surface area contributed by atoms with Gasteiger partial charge in [0, 0.05) is 12.1 Å². The second-order valence-corrected chi connectivity index (χ2v) is 5.77. The Morgan fingerprint density at radius 2 is 2.10 bits per heavy atom. The number of hydrogen-bond acceptors (Lipinski definition) is 5. The lowest BCUT2D eigenvalue weighted by Crippen LogP contribution is -2.38. The van der Waals surface area contributed by atoms with E-state index in [2.05, 4.69) is 0 Å². The zero-order chi connectivity index (χ0) is 15.5. The molecule has 0 saturated carbocycles. The van der Waals surface area contributed by atoms with Crippen LogP contribution in [0.25, 0.3) is 0 Å². The number of aliphatic carboxylic acids is 1. The van der Waals surface area contributed by atoms with Gasteiger partial charge >= 0.3 is 5.97 Å². The van der Waals surface area contributed by atoms with E-state index in [1.54, 1.807) is 6.92 Å². The number of rotatable bonds is 6. The van der Waals surface area contributed by atoms with Crippen molar-refractivity contribution in [2.24, 2.45) is 0 Å². The van der Waals surface area contributed by atoms with Crippen LogP contribution in [0.3, 0.4) is 0 Å². The standard InChI is InChI=1S/C11H14N2O6S/c1-3-8-4-5-9(13(16)17)6-10(8)20(18,19)12-7(2)11(14)15/h4-7,12H,3H2,1-2H3,(H,14,15)/t7-/m1/s1. The molecule has 0 amide bonds. The fraction of sp³-hybridized carbons (Fsp3) is 0.364. The molecule has 9 heteroatoms. The lowest BCUT2D eigenvalue weighted by atomic mass is 10.1. The number of carbonyl (C=O) groups is 1. The van der Waals surface area contributed by atoms with E-state index in [1.165, 1.54) is 19.1 Å². The molecule has 1 atom stereocenters. The molecular weight excluding hydrogens is 288 g/mol. The Morgan fingerprint density at radius 3 is 2.55 bits per heavy atom. The first kappa shape index (κ1) is 16.1. The molecule has 110 valence electrons. The molecule has 1 rings (SSSR count). The minimum Gasteiger partial charge on any atom is -0.480 e. The number of carboxylic acids is 1. The molecular formula is C11H14N2O6S. The summed E-state index contributed by atoms with van der Waals surface area (Å²) in [5.41, 5.74) is 0.00578. The van der Waals surface area contributed by atoms with Crippen molar-refractivity contribution in [3.05, 3.63) is 33.9 Å². The lowest BCUT2D eigenvalue weighted by Gasteiger charge is -2.12. The van der Waals surface area contributed by atoms with Gasteiger partial charge in [0.15, 0.2) is 0 Å². The highest BCUT2D eigenvalue weighted by atomic mass is 32.2. The molecule has 1 aromatic carbocycles. The number of nitro groups is 1. The van der Waals surface area contributed by atoms with Gasteiger partial charge in [-0.3, -0.25) is 14.9 Å². The van der Waals surface area contributed by atoms with E-state index < -0.39 is 27.0 Å². The monoisotopic (exact) mass is 302 g/mol. The van der Waals surface area contributed by atoms with Crippen molar-refractivity contribution in [1.29, 1.82) is 0 Å². The molecule has 0 saturated heterocycles. The number of benzene rings is 1. The first-order chi connectivity index (χ1) is 9.19. The van der Waals surface area contributed by atoms with Crippen LogP contribution in [0.15, 0.2) is 23.1 Å². The topological polar surface area (TPSA) is 127 Å². The number of nitrogens with zero attached hydrogens (tertiary/aromatic N) is 1. The normalized spacial score (nSPS) is 12.9. The summed E-state index contributed by atoms with van der Waals surface area (Å²) in [7, 11) is -4.14. The number of aryl methyl sites for hydroxylation is 1. The van der Waals surface area contributed by atoms with Crippen molar-refractivity contribution in [2.45, 2.75) is 31.2 Å². The number of nitro benzene ring substituents is 1. The van der Waals surface area contributed by atoms with Gasteiger partial charge in [0.2, 0.25) is 10.0 Å². The van der Waals surface area contributed by atoms with Crippen molar-refractivity contribution in [3.63, 3.8) is 0 Å². The zero-order valence-electron chi connectivity index (χ0n) is 10.9. The van der Waals surface area contributed by atoms with Gasteiger partial charge in [0.1, 0.15) is 6.04 Å². The second kappa shape index (κ2) is 5.97. The van der Waals surface area contributed by atoms with Gasteiger partial charge in [-0.25, -0.2) is 8.42 Å². The molecule has 20 heavy (non-hydrogen) atoms. The van der Waals surface area contributed by atoms with Crippen LogP contribution in [0.1, 0.15) is 19.4 Å². The number of non-ortho nitro benzene ring substituents is 1. The Kier molecular flexibility index (Phi) is 4.79. The van der Waals surface area contributed by atoms with Crippen molar-refractivity contribution >= 4 is 21.7 Å². The highest BCUT2D eigenvalue weighted by Crippen LogP contribution is 2.23. The lowest BCUT2D eigenvalue weighted by molar-refractivity contribution is -0.385. The SMILES string of the molecule is CCc1ccc([N+](=O)[O-])cc1S(=O)(=O)N[C@H](C)C(=O)O. The van der Waals surface area contributed by atoms with Crippen LogP contribution < -0.4 is 4.72 Å². The number of carboxylic acid groups (broad SMARTS) is 1. The predicted molar refractivity (Wildman–Crippen MR) is 69.9 cm³/mol. The van der Waals surface area contributed by atoms with Crippen LogP contribution in [0, 0.1) is 10.1 Å². The summed E-state index contributed by atoms with van der Waals surface area (Å²) in [5, 5.41) is 19.4. The van der Waals surface area contributed by atoms with Gasteiger partial charge in [-0.05, 0) is 18.9 Å². The van der Waals surface area contributed by atoms with E-state index in [4.69, 9.17) is 5.11 Å². The van der Waals surface area contributed by atoms with Gasteiger partial charge in [-0.15, -0.1) is 0 Å². The average Bonchev–Trinajstić information content (AvgIpc) is 2.37. The maximum Gasteiger partial charge on any atom is 0.321 e. The largest absolute Gasteiger partial charge is 0.480 e. The Bertz CT molecular complexity index is 640. The number of sulfonamides is 1. The van der Waals surface area contributed by atoms with E-state index in [9.17, 15) is 23.3 Å². The molecule has 8 nitrogen and oxygen atoms in total. The average molecular weight is 302 g/mol. The highest BCUT2D eigenvalue weighted by Gasteiger charge is 2.25. The van der Waals surface area contributed by atoms with Crippen LogP contribution in [-0.2, 0) is 21.2 Å². The first-order valence-electron chi connectivity index (χ1n) is 5.71. The molecule has 0 aliphatic heterocycles. The third kappa shape index (κ3) is 3.52. The van der Waals surface area contributed by atoms with Crippen LogP contribution in [-0.4, -0.2) is 30.5 Å². The summed E-state index contributed by atoms with van der Waals surface area (Å²) < 4.78 is 26.2. The fourth-order valence-electron chi connectivity index (χ4n) is 1.55. The smallest absolute Gasteiger partial charge is 0.321 e. The Labute approximate surface area is 115 Å². The van der Waals surface area contributed by atoms with E-state index in [0.717, 1.165) is 6.07 Å². The zero-order valence-corrected chi connectivity index (χ0v) is 11.7. The summed E-state index contributed by atoms with van der Waals surface area (Å²) in [5.74, 6) is -1.34. The maximum absolute atomic E-state index is 12.1. The second-order valence-electron chi connectivity index (χ2n) is 4.08. The summed E-state index contributed by atoms with van der Waals surface area (Å²) >= 11 is 0. The Hall–Kier alpha value is -2.00. The number of nitrogens with one attached hydrogen (secondary N) is 1. The van der Waals surface area contributed by atoms with E-state index in [-0.39, 0.29) is 10.6 Å². The maximum atomic E-state index is 12.1.